The van der Waals surface area contributed by atoms with Crippen LogP contribution in [0.15, 0.2) is 51.4 Å². The van der Waals surface area contributed by atoms with Crippen molar-refractivity contribution in [2.75, 3.05) is 0 Å². The summed E-state index contributed by atoms with van der Waals surface area (Å²) in [6.45, 7) is 0.448. The first-order valence-electron chi connectivity index (χ1n) is 4.97. The Hall–Kier alpha value is -0.870. The maximum atomic E-state index is 12.9. The maximum absolute atomic E-state index is 12.9. The number of benzene rings is 2. The number of rotatable bonds is 3. The van der Waals surface area contributed by atoms with E-state index < -0.39 is 0 Å². The third-order valence-corrected chi connectivity index (χ3v) is 3.29. The van der Waals surface area contributed by atoms with Crippen LogP contribution in [-0.2, 0) is 6.61 Å². The van der Waals surface area contributed by atoms with Crippen LogP contribution in [0.4, 0.5) is 4.39 Å². The molecule has 2 rings (SSSR count). The highest BCUT2D eigenvalue weighted by Crippen LogP contribution is 2.26. The minimum atomic E-state index is -0.285. The third kappa shape index (κ3) is 3.54. The fourth-order valence-corrected chi connectivity index (χ4v) is 2.29. The number of hydrogen-bond donors (Lipinski definition) is 0. The van der Waals surface area contributed by atoms with Gasteiger partial charge in [-0.3, -0.25) is 0 Å². The Morgan fingerprint density at radius 2 is 1.88 bits per heavy atom. The zero-order chi connectivity index (χ0) is 12.3. The highest BCUT2D eigenvalue weighted by Gasteiger charge is 2.03. The van der Waals surface area contributed by atoms with E-state index in [1.54, 1.807) is 6.07 Å². The lowest BCUT2D eigenvalue weighted by Crippen LogP contribution is -1.96. The SMILES string of the molecule is Fc1ccc(OCc2cccc(Br)c2)c(Br)c1. The lowest BCUT2D eigenvalue weighted by Gasteiger charge is -2.08. The Kier molecular flexibility index (Phi) is 4.18. The Morgan fingerprint density at radius 1 is 1.06 bits per heavy atom. The van der Waals surface area contributed by atoms with E-state index in [-0.39, 0.29) is 5.82 Å². The molecule has 0 saturated carbocycles. The van der Waals surface area contributed by atoms with E-state index in [2.05, 4.69) is 31.9 Å². The lowest BCUT2D eigenvalue weighted by atomic mass is 10.2. The summed E-state index contributed by atoms with van der Waals surface area (Å²) < 4.78 is 20.1. The van der Waals surface area contributed by atoms with Crippen LogP contribution in [0, 0.1) is 5.82 Å². The first kappa shape index (κ1) is 12.6. The Balaban J connectivity index is 2.07. The first-order chi connectivity index (χ1) is 8.15. The normalized spacial score (nSPS) is 10.3. The van der Waals surface area contributed by atoms with Crippen LogP contribution in [0.25, 0.3) is 0 Å². The molecular weight excluding hydrogens is 351 g/mol. The van der Waals surface area contributed by atoms with Gasteiger partial charge in [-0.2, -0.15) is 0 Å². The van der Waals surface area contributed by atoms with Crippen LogP contribution in [0.1, 0.15) is 5.56 Å². The molecular formula is C13H9Br2FO. The van der Waals surface area contributed by atoms with Crippen molar-refractivity contribution >= 4 is 31.9 Å². The average Bonchev–Trinajstić information content (AvgIpc) is 2.28. The molecule has 0 atom stereocenters. The molecule has 2 aromatic rings. The Labute approximate surface area is 116 Å². The molecule has 0 radical (unpaired) electrons. The van der Waals surface area contributed by atoms with Gasteiger partial charge in [0, 0.05) is 4.47 Å². The van der Waals surface area contributed by atoms with Crippen LogP contribution in [0.3, 0.4) is 0 Å². The van der Waals surface area contributed by atoms with E-state index in [1.165, 1.54) is 12.1 Å². The molecule has 0 aromatic heterocycles. The van der Waals surface area contributed by atoms with Gasteiger partial charge in [-0.25, -0.2) is 4.39 Å². The molecule has 0 aliphatic rings. The van der Waals surface area contributed by atoms with Crippen LogP contribution >= 0.6 is 31.9 Å². The van der Waals surface area contributed by atoms with Gasteiger partial charge in [-0.15, -0.1) is 0 Å². The molecule has 88 valence electrons. The van der Waals surface area contributed by atoms with Gasteiger partial charge in [-0.05, 0) is 51.8 Å². The second-order valence-electron chi connectivity index (χ2n) is 3.49. The van der Waals surface area contributed by atoms with Crippen molar-refractivity contribution < 1.29 is 9.13 Å². The number of hydrogen-bond acceptors (Lipinski definition) is 1. The fourth-order valence-electron chi connectivity index (χ4n) is 1.38. The highest BCUT2D eigenvalue weighted by atomic mass is 79.9. The van der Waals surface area contributed by atoms with E-state index in [0.29, 0.717) is 16.8 Å². The summed E-state index contributed by atoms with van der Waals surface area (Å²) in [6.07, 6.45) is 0. The lowest BCUT2D eigenvalue weighted by molar-refractivity contribution is 0.303. The predicted octanol–water partition coefficient (Wildman–Crippen LogP) is 4.93. The molecule has 0 bridgehead atoms. The molecule has 0 spiro atoms. The summed E-state index contributed by atoms with van der Waals surface area (Å²) in [5.74, 6) is 0.345. The van der Waals surface area contributed by atoms with Crippen LogP contribution < -0.4 is 4.74 Å². The molecule has 0 unspecified atom stereocenters. The average molecular weight is 360 g/mol. The zero-order valence-electron chi connectivity index (χ0n) is 8.79. The number of halogens is 3. The summed E-state index contributed by atoms with van der Waals surface area (Å²) in [6, 6.07) is 12.2. The second kappa shape index (κ2) is 5.65. The molecule has 1 nitrogen and oxygen atoms in total. The monoisotopic (exact) mass is 358 g/mol. The zero-order valence-corrected chi connectivity index (χ0v) is 12.0. The van der Waals surface area contributed by atoms with Gasteiger partial charge in [-0.1, -0.05) is 28.1 Å². The molecule has 0 heterocycles. The topological polar surface area (TPSA) is 9.23 Å². The number of ether oxygens (including phenoxy) is 1. The molecule has 17 heavy (non-hydrogen) atoms. The van der Waals surface area contributed by atoms with Gasteiger partial charge in [0.05, 0.1) is 4.47 Å². The third-order valence-electron chi connectivity index (χ3n) is 2.18. The first-order valence-corrected chi connectivity index (χ1v) is 6.56. The van der Waals surface area contributed by atoms with E-state index in [9.17, 15) is 4.39 Å². The molecule has 4 heteroatoms. The molecule has 0 aliphatic carbocycles. The molecule has 0 fully saturated rings. The van der Waals surface area contributed by atoms with Gasteiger partial charge in [0.25, 0.3) is 0 Å². The van der Waals surface area contributed by atoms with Crippen molar-refractivity contribution in [1.29, 1.82) is 0 Å². The molecule has 0 amide bonds. The van der Waals surface area contributed by atoms with Crippen molar-refractivity contribution in [2.24, 2.45) is 0 Å². The minimum absolute atomic E-state index is 0.285. The van der Waals surface area contributed by atoms with Crippen LogP contribution in [0.5, 0.6) is 5.75 Å². The minimum Gasteiger partial charge on any atom is -0.488 e. The van der Waals surface area contributed by atoms with Crippen LogP contribution in [-0.4, -0.2) is 0 Å². The fraction of sp³-hybridized carbons (Fsp3) is 0.0769. The molecule has 0 saturated heterocycles. The summed E-state index contributed by atoms with van der Waals surface area (Å²) >= 11 is 6.66. The Bertz CT molecular complexity index is 529. The van der Waals surface area contributed by atoms with Crippen molar-refractivity contribution in [3.8, 4) is 5.75 Å². The van der Waals surface area contributed by atoms with E-state index in [1.807, 2.05) is 24.3 Å². The largest absolute Gasteiger partial charge is 0.488 e. The summed E-state index contributed by atoms with van der Waals surface area (Å²) in [5, 5.41) is 0. The Morgan fingerprint density at radius 3 is 2.59 bits per heavy atom. The van der Waals surface area contributed by atoms with E-state index >= 15 is 0 Å². The van der Waals surface area contributed by atoms with Crippen molar-refractivity contribution in [3.05, 3.63) is 62.8 Å². The maximum Gasteiger partial charge on any atom is 0.134 e. The van der Waals surface area contributed by atoms with Gasteiger partial charge in [0.1, 0.15) is 18.2 Å². The van der Waals surface area contributed by atoms with E-state index in [4.69, 9.17) is 4.74 Å². The van der Waals surface area contributed by atoms with Gasteiger partial charge in [0.2, 0.25) is 0 Å². The molecule has 2 aromatic carbocycles. The standard InChI is InChI=1S/C13H9Br2FO/c14-10-3-1-2-9(6-10)8-17-13-5-4-11(16)7-12(13)15/h1-7H,8H2. The van der Waals surface area contributed by atoms with Crippen molar-refractivity contribution in [1.82, 2.24) is 0 Å². The van der Waals surface area contributed by atoms with Gasteiger partial charge < -0.3 is 4.74 Å². The highest BCUT2D eigenvalue weighted by molar-refractivity contribution is 9.10. The van der Waals surface area contributed by atoms with E-state index in [0.717, 1.165) is 10.0 Å². The van der Waals surface area contributed by atoms with Crippen molar-refractivity contribution in [3.63, 3.8) is 0 Å². The van der Waals surface area contributed by atoms with Gasteiger partial charge >= 0.3 is 0 Å². The summed E-state index contributed by atoms with van der Waals surface area (Å²) in [5.41, 5.74) is 1.05. The summed E-state index contributed by atoms with van der Waals surface area (Å²) in [7, 11) is 0. The van der Waals surface area contributed by atoms with Crippen LogP contribution in [0.2, 0.25) is 0 Å². The molecule has 0 N–H and O–H groups in total. The van der Waals surface area contributed by atoms with Gasteiger partial charge in [0.15, 0.2) is 0 Å². The smallest absolute Gasteiger partial charge is 0.134 e. The quantitative estimate of drug-likeness (QED) is 0.754. The predicted molar refractivity (Wildman–Crippen MR) is 72.6 cm³/mol. The summed E-state index contributed by atoms with van der Waals surface area (Å²) in [4.78, 5) is 0. The van der Waals surface area contributed by atoms with Crippen molar-refractivity contribution in [2.45, 2.75) is 6.61 Å². The molecule has 0 aliphatic heterocycles. The second-order valence-corrected chi connectivity index (χ2v) is 5.26.